The second-order valence-corrected chi connectivity index (χ2v) is 5.58. The zero-order chi connectivity index (χ0) is 13.9. The molecule has 3 rings (SSSR count). The molecule has 0 spiro atoms. The standard InChI is InChI=1S/C13H16BrN5O/c1-10-13(14)12(2-3-16-10)18-4-5-20-11(6-18)7-19-9-15-8-17-19/h2-3,8-9,11H,4-7H2,1H3. The molecule has 3 heterocycles. The average molecular weight is 338 g/mol. The molecule has 6 nitrogen and oxygen atoms in total. The molecule has 1 saturated heterocycles. The van der Waals surface area contributed by atoms with Gasteiger partial charge in [0.1, 0.15) is 12.7 Å². The molecule has 0 aliphatic carbocycles. The highest BCUT2D eigenvalue weighted by atomic mass is 79.9. The minimum Gasteiger partial charge on any atom is -0.373 e. The summed E-state index contributed by atoms with van der Waals surface area (Å²) in [5.74, 6) is 0. The molecule has 2 aromatic heterocycles. The number of ether oxygens (including phenoxy) is 1. The van der Waals surface area contributed by atoms with Crippen molar-refractivity contribution in [1.29, 1.82) is 0 Å². The summed E-state index contributed by atoms with van der Waals surface area (Å²) in [6.45, 7) is 5.16. The van der Waals surface area contributed by atoms with Crippen LogP contribution < -0.4 is 4.90 Å². The molecule has 0 N–H and O–H groups in total. The Kier molecular flexibility index (Phi) is 3.98. The molecule has 106 valence electrons. The Bertz CT molecular complexity index is 574. The van der Waals surface area contributed by atoms with Crippen molar-refractivity contribution in [1.82, 2.24) is 19.7 Å². The molecule has 1 aliphatic heterocycles. The number of hydrogen-bond acceptors (Lipinski definition) is 5. The minimum atomic E-state index is 0.117. The van der Waals surface area contributed by atoms with Crippen molar-refractivity contribution >= 4 is 21.6 Å². The zero-order valence-electron chi connectivity index (χ0n) is 11.2. The summed E-state index contributed by atoms with van der Waals surface area (Å²) in [5.41, 5.74) is 2.17. The van der Waals surface area contributed by atoms with Gasteiger partial charge in [0.15, 0.2) is 0 Å². The van der Waals surface area contributed by atoms with Gasteiger partial charge in [-0.3, -0.25) is 9.67 Å². The van der Waals surface area contributed by atoms with Gasteiger partial charge >= 0.3 is 0 Å². The molecule has 0 amide bonds. The third kappa shape index (κ3) is 2.83. The summed E-state index contributed by atoms with van der Waals surface area (Å²) in [5, 5.41) is 4.13. The van der Waals surface area contributed by atoms with Crippen LogP contribution in [0.1, 0.15) is 5.69 Å². The Morgan fingerprint density at radius 2 is 2.40 bits per heavy atom. The van der Waals surface area contributed by atoms with Crippen molar-refractivity contribution in [2.45, 2.75) is 19.6 Å². The van der Waals surface area contributed by atoms with Crippen LogP contribution in [0.25, 0.3) is 0 Å². The fourth-order valence-electron chi connectivity index (χ4n) is 2.36. The van der Waals surface area contributed by atoms with Crippen molar-refractivity contribution in [2.75, 3.05) is 24.6 Å². The molecule has 1 unspecified atom stereocenters. The van der Waals surface area contributed by atoms with E-state index in [9.17, 15) is 0 Å². The summed E-state index contributed by atoms with van der Waals surface area (Å²) in [7, 11) is 0. The van der Waals surface area contributed by atoms with E-state index in [-0.39, 0.29) is 6.10 Å². The van der Waals surface area contributed by atoms with Gasteiger partial charge in [0.2, 0.25) is 0 Å². The van der Waals surface area contributed by atoms with E-state index in [1.54, 1.807) is 17.3 Å². The van der Waals surface area contributed by atoms with E-state index >= 15 is 0 Å². The Balaban J connectivity index is 1.73. The summed E-state index contributed by atoms with van der Waals surface area (Å²) in [6, 6.07) is 2.04. The van der Waals surface area contributed by atoms with Crippen LogP contribution >= 0.6 is 15.9 Å². The molecular weight excluding hydrogens is 322 g/mol. The van der Waals surface area contributed by atoms with Crippen LogP contribution in [0.2, 0.25) is 0 Å². The highest BCUT2D eigenvalue weighted by Crippen LogP contribution is 2.29. The van der Waals surface area contributed by atoms with Gasteiger partial charge in [-0.15, -0.1) is 0 Å². The Morgan fingerprint density at radius 3 is 3.20 bits per heavy atom. The Morgan fingerprint density at radius 1 is 1.50 bits per heavy atom. The molecular formula is C13H16BrN5O. The van der Waals surface area contributed by atoms with Crippen molar-refractivity contribution in [2.24, 2.45) is 0 Å². The summed E-state index contributed by atoms with van der Waals surface area (Å²) in [4.78, 5) is 10.6. The van der Waals surface area contributed by atoms with E-state index in [0.717, 1.165) is 29.8 Å². The van der Waals surface area contributed by atoms with Gasteiger partial charge in [0.05, 0.1) is 35.1 Å². The first-order valence-corrected chi connectivity index (χ1v) is 7.33. The SMILES string of the molecule is Cc1nccc(N2CCOC(Cn3cncn3)C2)c1Br. The van der Waals surface area contributed by atoms with Crippen LogP contribution in [0.5, 0.6) is 0 Å². The molecule has 1 atom stereocenters. The van der Waals surface area contributed by atoms with Crippen LogP contribution in [-0.2, 0) is 11.3 Å². The fraction of sp³-hybridized carbons (Fsp3) is 0.462. The summed E-state index contributed by atoms with van der Waals surface area (Å²) < 4.78 is 8.68. The van der Waals surface area contributed by atoms with Crippen molar-refractivity contribution in [3.8, 4) is 0 Å². The summed E-state index contributed by atoms with van der Waals surface area (Å²) >= 11 is 3.62. The fourth-order valence-corrected chi connectivity index (χ4v) is 2.85. The average Bonchev–Trinajstić information content (AvgIpc) is 2.95. The number of anilines is 1. The van der Waals surface area contributed by atoms with E-state index in [2.05, 4.69) is 35.9 Å². The predicted octanol–water partition coefficient (Wildman–Crippen LogP) is 1.65. The van der Waals surface area contributed by atoms with Gasteiger partial charge in [-0.1, -0.05) is 0 Å². The number of rotatable bonds is 3. The van der Waals surface area contributed by atoms with Crippen molar-refractivity contribution in [3.05, 3.63) is 35.1 Å². The van der Waals surface area contributed by atoms with Crippen LogP contribution in [0.4, 0.5) is 5.69 Å². The lowest BCUT2D eigenvalue weighted by atomic mass is 10.2. The number of morpholine rings is 1. The van der Waals surface area contributed by atoms with Gasteiger partial charge < -0.3 is 9.64 Å². The molecule has 7 heteroatoms. The Hall–Kier alpha value is -1.47. The van der Waals surface area contributed by atoms with E-state index in [0.29, 0.717) is 6.61 Å². The van der Waals surface area contributed by atoms with Gasteiger partial charge in [-0.05, 0) is 28.9 Å². The first-order valence-electron chi connectivity index (χ1n) is 6.54. The second-order valence-electron chi connectivity index (χ2n) is 4.79. The van der Waals surface area contributed by atoms with Crippen LogP contribution in [0.3, 0.4) is 0 Å². The molecule has 0 bridgehead atoms. The molecule has 2 aromatic rings. The smallest absolute Gasteiger partial charge is 0.137 e. The van der Waals surface area contributed by atoms with Gasteiger partial charge in [0.25, 0.3) is 0 Å². The maximum atomic E-state index is 5.81. The maximum Gasteiger partial charge on any atom is 0.137 e. The molecule has 0 radical (unpaired) electrons. The molecule has 20 heavy (non-hydrogen) atoms. The van der Waals surface area contributed by atoms with Crippen LogP contribution in [0, 0.1) is 6.92 Å². The monoisotopic (exact) mass is 337 g/mol. The number of nitrogens with zero attached hydrogens (tertiary/aromatic N) is 5. The van der Waals surface area contributed by atoms with E-state index in [1.165, 1.54) is 5.69 Å². The van der Waals surface area contributed by atoms with Gasteiger partial charge in [-0.25, -0.2) is 4.98 Å². The Labute approximate surface area is 125 Å². The highest BCUT2D eigenvalue weighted by molar-refractivity contribution is 9.10. The van der Waals surface area contributed by atoms with Crippen molar-refractivity contribution in [3.63, 3.8) is 0 Å². The van der Waals surface area contributed by atoms with Gasteiger partial charge in [-0.2, -0.15) is 5.10 Å². The lowest BCUT2D eigenvalue weighted by molar-refractivity contribution is 0.0273. The number of pyridine rings is 1. The quantitative estimate of drug-likeness (QED) is 0.852. The minimum absolute atomic E-state index is 0.117. The van der Waals surface area contributed by atoms with Gasteiger partial charge in [0, 0.05) is 19.3 Å². The third-order valence-electron chi connectivity index (χ3n) is 3.38. The van der Waals surface area contributed by atoms with E-state index < -0.39 is 0 Å². The highest BCUT2D eigenvalue weighted by Gasteiger charge is 2.23. The lowest BCUT2D eigenvalue weighted by Gasteiger charge is -2.35. The largest absolute Gasteiger partial charge is 0.373 e. The number of halogens is 1. The molecule has 0 saturated carbocycles. The molecule has 1 aliphatic rings. The summed E-state index contributed by atoms with van der Waals surface area (Å²) in [6.07, 6.45) is 5.22. The number of hydrogen-bond donors (Lipinski definition) is 0. The topological polar surface area (TPSA) is 56.1 Å². The first kappa shape index (κ1) is 13.5. The van der Waals surface area contributed by atoms with E-state index in [4.69, 9.17) is 4.74 Å². The molecule has 1 fully saturated rings. The van der Waals surface area contributed by atoms with Crippen LogP contribution in [0.15, 0.2) is 29.4 Å². The molecule has 0 aromatic carbocycles. The number of aryl methyl sites for hydroxylation is 1. The normalized spacial score (nSPS) is 19.3. The predicted molar refractivity (Wildman–Crippen MR) is 78.6 cm³/mol. The lowest BCUT2D eigenvalue weighted by Crippen LogP contribution is -2.44. The van der Waals surface area contributed by atoms with E-state index in [1.807, 2.05) is 19.2 Å². The third-order valence-corrected chi connectivity index (χ3v) is 4.36. The second kappa shape index (κ2) is 5.88. The maximum absolute atomic E-state index is 5.81. The zero-order valence-corrected chi connectivity index (χ0v) is 12.8. The number of aromatic nitrogens is 4. The van der Waals surface area contributed by atoms with Crippen molar-refractivity contribution < 1.29 is 4.74 Å². The first-order chi connectivity index (χ1) is 9.74. The van der Waals surface area contributed by atoms with Crippen LogP contribution in [-0.4, -0.2) is 45.5 Å².